The van der Waals surface area contributed by atoms with Crippen molar-refractivity contribution in [2.45, 2.75) is 39.3 Å². The molecular weight excluding hydrogens is 392 g/mol. The van der Waals surface area contributed by atoms with Crippen molar-refractivity contribution in [3.05, 3.63) is 64.3 Å². The molecule has 1 aromatic carbocycles. The number of aryl methyl sites for hydroxylation is 2. The third-order valence-corrected chi connectivity index (χ3v) is 5.57. The SMILES string of the molecule is Cc1cc(-c2c(-c3ccccc3)nc(N)n3c(=O)n(C[C@H]4CCCO4)nc23)cc(C)n1. The number of hydrogen-bond donors (Lipinski definition) is 1. The van der Waals surface area contributed by atoms with Crippen molar-refractivity contribution in [1.29, 1.82) is 0 Å². The molecule has 8 heteroatoms. The molecule has 0 aliphatic carbocycles. The van der Waals surface area contributed by atoms with Crippen molar-refractivity contribution in [1.82, 2.24) is 24.1 Å². The molecule has 4 heterocycles. The maximum Gasteiger partial charge on any atom is 0.353 e. The average molecular weight is 416 g/mol. The highest BCUT2D eigenvalue weighted by molar-refractivity contribution is 5.90. The number of aromatic nitrogens is 5. The van der Waals surface area contributed by atoms with Crippen LogP contribution in [0.15, 0.2) is 47.3 Å². The van der Waals surface area contributed by atoms with Gasteiger partial charge in [0.15, 0.2) is 5.65 Å². The Morgan fingerprint density at radius 2 is 1.84 bits per heavy atom. The monoisotopic (exact) mass is 416 g/mol. The normalized spacial score (nSPS) is 16.3. The maximum atomic E-state index is 13.2. The molecule has 0 radical (unpaired) electrons. The van der Waals surface area contributed by atoms with E-state index in [0.29, 0.717) is 17.9 Å². The summed E-state index contributed by atoms with van der Waals surface area (Å²) >= 11 is 0. The summed E-state index contributed by atoms with van der Waals surface area (Å²) in [7, 11) is 0. The van der Waals surface area contributed by atoms with Crippen LogP contribution in [0.5, 0.6) is 0 Å². The Hall–Kier alpha value is -3.52. The van der Waals surface area contributed by atoms with Crippen molar-refractivity contribution < 1.29 is 4.74 Å². The first-order chi connectivity index (χ1) is 15.0. The summed E-state index contributed by atoms with van der Waals surface area (Å²) in [5.41, 5.74) is 11.5. The summed E-state index contributed by atoms with van der Waals surface area (Å²) in [6.07, 6.45) is 1.90. The zero-order valence-corrected chi connectivity index (χ0v) is 17.6. The highest BCUT2D eigenvalue weighted by Crippen LogP contribution is 2.34. The van der Waals surface area contributed by atoms with E-state index in [1.807, 2.05) is 56.3 Å². The topological polar surface area (TPSA) is 100 Å². The van der Waals surface area contributed by atoms with Crippen LogP contribution in [0.1, 0.15) is 24.2 Å². The predicted octanol–water partition coefficient (Wildman–Crippen LogP) is 3.00. The first-order valence-electron chi connectivity index (χ1n) is 10.4. The van der Waals surface area contributed by atoms with Crippen LogP contribution in [0.25, 0.3) is 28.0 Å². The fourth-order valence-corrected chi connectivity index (χ4v) is 4.25. The van der Waals surface area contributed by atoms with Gasteiger partial charge in [0.25, 0.3) is 0 Å². The molecule has 5 rings (SSSR count). The third-order valence-electron chi connectivity index (χ3n) is 5.57. The van der Waals surface area contributed by atoms with Crippen molar-refractivity contribution >= 4 is 11.6 Å². The number of ether oxygens (including phenoxy) is 1. The van der Waals surface area contributed by atoms with E-state index in [1.54, 1.807) is 0 Å². The lowest BCUT2D eigenvalue weighted by molar-refractivity contribution is 0.0931. The van der Waals surface area contributed by atoms with Gasteiger partial charge in [-0.3, -0.25) is 4.98 Å². The molecule has 1 aliphatic heterocycles. The quantitative estimate of drug-likeness (QED) is 0.549. The fourth-order valence-electron chi connectivity index (χ4n) is 4.25. The van der Waals surface area contributed by atoms with Gasteiger partial charge in [-0.05, 0) is 44.4 Å². The highest BCUT2D eigenvalue weighted by Gasteiger charge is 2.24. The summed E-state index contributed by atoms with van der Waals surface area (Å²) in [6, 6.07) is 13.8. The minimum atomic E-state index is -0.307. The molecule has 3 aromatic heterocycles. The van der Waals surface area contributed by atoms with Gasteiger partial charge < -0.3 is 10.5 Å². The van der Waals surface area contributed by atoms with E-state index < -0.39 is 0 Å². The van der Waals surface area contributed by atoms with Gasteiger partial charge in [-0.25, -0.2) is 18.9 Å². The Bertz CT molecular complexity index is 1300. The van der Waals surface area contributed by atoms with Gasteiger partial charge in [0.1, 0.15) is 0 Å². The van der Waals surface area contributed by atoms with Gasteiger partial charge in [-0.1, -0.05) is 30.3 Å². The van der Waals surface area contributed by atoms with E-state index in [-0.39, 0.29) is 17.7 Å². The lowest BCUT2D eigenvalue weighted by Crippen LogP contribution is -2.28. The Morgan fingerprint density at radius 3 is 2.52 bits per heavy atom. The first-order valence-corrected chi connectivity index (χ1v) is 10.4. The Morgan fingerprint density at radius 1 is 1.10 bits per heavy atom. The molecule has 1 atom stereocenters. The largest absolute Gasteiger partial charge is 0.376 e. The van der Waals surface area contributed by atoms with E-state index in [9.17, 15) is 4.79 Å². The number of benzene rings is 1. The molecule has 4 aromatic rings. The number of nitrogen functional groups attached to an aromatic ring is 1. The second kappa shape index (κ2) is 7.63. The van der Waals surface area contributed by atoms with Crippen LogP contribution < -0.4 is 11.4 Å². The highest BCUT2D eigenvalue weighted by atomic mass is 16.5. The molecule has 2 N–H and O–H groups in total. The molecule has 0 amide bonds. The van der Waals surface area contributed by atoms with Gasteiger partial charge in [-0.2, -0.15) is 0 Å². The Labute approximate surface area is 179 Å². The van der Waals surface area contributed by atoms with Crippen LogP contribution in [0, 0.1) is 13.8 Å². The van der Waals surface area contributed by atoms with Gasteiger partial charge >= 0.3 is 5.69 Å². The van der Waals surface area contributed by atoms with E-state index in [0.717, 1.165) is 47.5 Å². The lowest BCUT2D eigenvalue weighted by Gasteiger charge is -2.13. The molecule has 0 unspecified atom stereocenters. The van der Waals surface area contributed by atoms with Crippen molar-refractivity contribution in [3.63, 3.8) is 0 Å². The number of fused-ring (bicyclic) bond motifs is 1. The number of pyridine rings is 1. The van der Waals surface area contributed by atoms with E-state index in [4.69, 9.17) is 15.6 Å². The second-order valence-electron chi connectivity index (χ2n) is 7.96. The van der Waals surface area contributed by atoms with Gasteiger partial charge in [0, 0.05) is 23.6 Å². The minimum Gasteiger partial charge on any atom is -0.376 e. The maximum absolute atomic E-state index is 13.2. The molecule has 31 heavy (non-hydrogen) atoms. The van der Waals surface area contributed by atoms with Crippen LogP contribution in [0.3, 0.4) is 0 Å². The van der Waals surface area contributed by atoms with Crippen molar-refractivity contribution in [2.24, 2.45) is 0 Å². The number of anilines is 1. The fraction of sp³-hybridized carbons (Fsp3) is 0.304. The zero-order chi connectivity index (χ0) is 21.5. The van der Waals surface area contributed by atoms with Crippen LogP contribution in [-0.4, -0.2) is 36.9 Å². The summed E-state index contributed by atoms with van der Waals surface area (Å²) < 4.78 is 8.55. The van der Waals surface area contributed by atoms with Crippen LogP contribution >= 0.6 is 0 Å². The summed E-state index contributed by atoms with van der Waals surface area (Å²) in [5, 5.41) is 4.71. The van der Waals surface area contributed by atoms with Crippen LogP contribution in [0.2, 0.25) is 0 Å². The lowest BCUT2D eigenvalue weighted by atomic mass is 9.99. The van der Waals surface area contributed by atoms with Gasteiger partial charge in [-0.15, -0.1) is 5.10 Å². The smallest absolute Gasteiger partial charge is 0.353 e. The Kier molecular flexibility index (Phi) is 4.78. The molecular formula is C23H24N6O2. The first kappa shape index (κ1) is 19.4. The number of rotatable bonds is 4. The average Bonchev–Trinajstić information content (AvgIpc) is 3.36. The van der Waals surface area contributed by atoms with Crippen molar-refractivity contribution in [3.8, 4) is 22.4 Å². The van der Waals surface area contributed by atoms with E-state index in [1.165, 1.54) is 9.08 Å². The number of nitrogens with two attached hydrogens (primary N) is 1. The molecule has 1 saturated heterocycles. The molecule has 0 spiro atoms. The second-order valence-corrected chi connectivity index (χ2v) is 7.96. The number of nitrogens with zero attached hydrogens (tertiary/aromatic N) is 5. The standard InChI is InChI=1S/C23H24N6O2/c1-14-11-17(12-15(2)25-14)19-20(16-7-4-3-5-8-16)26-22(24)29-21(19)27-28(23(29)30)13-18-9-6-10-31-18/h3-5,7-8,11-12,18H,6,9-10,13H2,1-2H3,(H2,24,26)/t18-/m1/s1. The van der Waals surface area contributed by atoms with Gasteiger partial charge in [0.2, 0.25) is 5.95 Å². The van der Waals surface area contributed by atoms with E-state index >= 15 is 0 Å². The summed E-state index contributed by atoms with van der Waals surface area (Å²) in [6.45, 7) is 5.01. The molecule has 158 valence electrons. The zero-order valence-electron chi connectivity index (χ0n) is 17.6. The minimum absolute atomic E-state index is 0.0146. The summed E-state index contributed by atoms with van der Waals surface area (Å²) in [4.78, 5) is 22.3. The Balaban J connectivity index is 1.81. The number of hydrogen-bond acceptors (Lipinski definition) is 6. The van der Waals surface area contributed by atoms with Crippen LogP contribution in [0.4, 0.5) is 5.95 Å². The molecule has 0 saturated carbocycles. The van der Waals surface area contributed by atoms with Crippen LogP contribution in [-0.2, 0) is 11.3 Å². The third kappa shape index (κ3) is 3.48. The molecule has 0 bridgehead atoms. The van der Waals surface area contributed by atoms with E-state index in [2.05, 4.69) is 9.97 Å². The summed E-state index contributed by atoms with van der Waals surface area (Å²) in [5.74, 6) is 0.115. The molecule has 8 nitrogen and oxygen atoms in total. The van der Waals surface area contributed by atoms with Gasteiger partial charge in [0.05, 0.1) is 23.9 Å². The molecule has 1 fully saturated rings. The molecule has 1 aliphatic rings. The predicted molar refractivity (Wildman–Crippen MR) is 119 cm³/mol. The van der Waals surface area contributed by atoms with Crippen molar-refractivity contribution in [2.75, 3.05) is 12.3 Å².